The van der Waals surface area contributed by atoms with Crippen LogP contribution in [0.5, 0.6) is 0 Å². The number of rotatable bonds is 5. The van der Waals surface area contributed by atoms with Gasteiger partial charge in [0.15, 0.2) is 0 Å². The van der Waals surface area contributed by atoms with Gasteiger partial charge >= 0.3 is 0 Å². The van der Waals surface area contributed by atoms with E-state index in [2.05, 4.69) is 248 Å². The van der Waals surface area contributed by atoms with E-state index in [1.807, 2.05) is 0 Å². The fourth-order valence-electron chi connectivity index (χ4n) is 13.2. The molecule has 12 rings (SSSR count). The van der Waals surface area contributed by atoms with E-state index in [-0.39, 0.29) is 0 Å². The summed E-state index contributed by atoms with van der Waals surface area (Å²) >= 11 is 0. The Balaban J connectivity index is 1.33. The van der Waals surface area contributed by atoms with E-state index >= 15 is 9.13 Å². The largest absolute Gasteiger partial charge is 0.322 e. The van der Waals surface area contributed by atoms with E-state index < -0.39 is 47.2 Å². The minimum atomic E-state index is -3.72. The van der Waals surface area contributed by atoms with E-state index in [4.69, 9.17) is 0 Å². The Morgan fingerprint density at radius 3 is 0.871 bits per heavy atom. The van der Waals surface area contributed by atoms with Crippen molar-refractivity contribution in [1.82, 2.24) is 0 Å². The van der Waals surface area contributed by atoms with Gasteiger partial charge in [0, 0.05) is 21.6 Å². The quantitative estimate of drug-likeness (QED) is 0.161. The third-order valence-electron chi connectivity index (χ3n) is 16.4. The Hall–Kier alpha value is -6.30. The molecule has 6 atom stereocenters. The van der Waals surface area contributed by atoms with Crippen molar-refractivity contribution in [3.63, 3.8) is 0 Å². The highest BCUT2D eigenvalue weighted by atomic mass is 31.2. The van der Waals surface area contributed by atoms with Crippen LogP contribution in [0.15, 0.2) is 206 Å². The van der Waals surface area contributed by atoms with Gasteiger partial charge in [0.2, 0.25) is 0 Å². The molecule has 2 aliphatic heterocycles. The maximum absolute atomic E-state index is 18.9. The lowest BCUT2D eigenvalue weighted by molar-refractivity contribution is 0.500. The molecule has 0 aliphatic carbocycles. The van der Waals surface area contributed by atoms with E-state index in [9.17, 15) is 0 Å². The van der Waals surface area contributed by atoms with Crippen LogP contribution in [0.3, 0.4) is 0 Å². The zero-order valence-corrected chi connectivity index (χ0v) is 42.9. The molecular formula is C66H60O2P2. The minimum absolute atomic E-state index is 0.415. The second-order valence-electron chi connectivity index (χ2n) is 22.1. The molecule has 2 nitrogen and oxygen atoms in total. The van der Waals surface area contributed by atoms with Crippen LogP contribution in [-0.4, -0.2) is 10.3 Å². The van der Waals surface area contributed by atoms with Gasteiger partial charge in [-0.2, -0.15) is 0 Å². The lowest BCUT2D eigenvalue weighted by Crippen LogP contribution is -2.32. The molecule has 10 aromatic rings. The average Bonchev–Trinajstić information content (AvgIpc) is 3.53. The third kappa shape index (κ3) is 6.74. The van der Waals surface area contributed by atoms with Crippen LogP contribution >= 0.6 is 14.3 Å². The highest BCUT2D eigenvalue weighted by Crippen LogP contribution is 2.90. The summed E-state index contributed by atoms with van der Waals surface area (Å²) in [5.41, 5.74) is 9.07. The molecule has 70 heavy (non-hydrogen) atoms. The highest BCUT2D eigenvalue weighted by molar-refractivity contribution is 7.70. The van der Waals surface area contributed by atoms with Crippen molar-refractivity contribution >= 4 is 57.4 Å². The normalized spacial score (nSPS) is 22.2. The zero-order valence-electron chi connectivity index (χ0n) is 41.1. The molecule has 0 radical (unpaired) electrons. The topological polar surface area (TPSA) is 34.1 Å². The average molecular weight is 947 g/mol. The van der Waals surface area contributed by atoms with Crippen LogP contribution in [0.25, 0.3) is 65.3 Å². The van der Waals surface area contributed by atoms with Crippen LogP contribution in [0.2, 0.25) is 0 Å². The molecule has 4 heteroatoms. The Morgan fingerprint density at radius 2 is 0.571 bits per heavy atom. The van der Waals surface area contributed by atoms with E-state index in [1.165, 1.54) is 0 Å². The van der Waals surface area contributed by atoms with Gasteiger partial charge in [-0.25, -0.2) is 0 Å². The zero-order chi connectivity index (χ0) is 48.2. The molecule has 10 aromatic carbocycles. The lowest BCUT2D eigenvalue weighted by atomic mass is 9.82. The van der Waals surface area contributed by atoms with Gasteiger partial charge in [0.1, 0.15) is 14.3 Å². The van der Waals surface area contributed by atoms with Crippen molar-refractivity contribution in [3.05, 3.63) is 240 Å². The number of fused-ring (bicyclic) bond motifs is 14. The summed E-state index contributed by atoms with van der Waals surface area (Å²) in [6.45, 7) is 13.4. The summed E-state index contributed by atoms with van der Waals surface area (Å²) in [4.78, 5) is 0. The van der Waals surface area contributed by atoms with Crippen LogP contribution in [0.1, 0.15) is 97.6 Å². The SMILES string of the molecule is CC(C)(C)[P@@]1(=O)[C@H](Cc2ccccc2)c2ccc3ccccc3c2-c2c(ccc3ccccc23)[C@@H]1[C@H]1c2ccc3ccccc3c2-c2c(ccc3ccccc23)[C@@H](Cc2ccccc2)[P@]1(=O)C(C)(C)C. The predicted octanol–water partition coefficient (Wildman–Crippen LogP) is 19.3. The molecule has 0 fully saturated rings. The van der Waals surface area contributed by atoms with Gasteiger partial charge in [-0.3, -0.25) is 0 Å². The molecule has 0 saturated heterocycles. The highest BCUT2D eigenvalue weighted by Gasteiger charge is 2.63. The molecule has 0 bridgehead atoms. The number of hydrogen-bond donors (Lipinski definition) is 0. The van der Waals surface area contributed by atoms with Crippen molar-refractivity contribution in [2.75, 3.05) is 0 Å². The van der Waals surface area contributed by atoms with Gasteiger partial charge < -0.3 is 9.13 Å². The first-order valence-corrected chi connectivity index (χ1v) is 28.8. The molecule has 0 amide bonds. The minimum Gasteiger partial charge on any atom is -0.322 e. The molecule has 0 unspecified atom stereocenters. The molecule has 346 valence electrons. The standard InChI is InChI=1S/C66H60O2P2/c1-65(2,3)69(67)57(41-43-21-9-7-10-22-43)53-37-33-45-25-13-17-29-49(45)59(53)61-51-31-19-15-27-47(51)35-39-55(61)63(69)64-56-40-36-48-28-16-20-32-52(48)62(56)60-50-30-18-14-26-46(50)34-38-54(60)58(70(64,68)66(4,5)6)42-44-23-11-8-12-24-44/h7-40,57-58,63-64H,41-42H2,1-6H3/t57-,58-,63-,64-,69-,70-/m1/s1. The fourth-order valence-corrected chi connectivity index (χ4v) is 23.4. The molecule has 2 aliphatic rings. The molecule has 2 heterocycles. The second kappa shape index (κ2) is 16.7. The van der Waals surface area contributed by atoms with Gasteiger partial charge in [0.05, 0.1) is 11.3 Å². The number of benzene rings is 10. The van der Waals surface area contributed by atoms with Crippen LogP contribution in [-0.2, 0) is 22.0 Å². The van der Waals surface area contributed by atoms with Crippen molar-refractivity contribution in [2.45, 2.75) is 87.3 Å². The van der Waals surface area contributed by atoms with Gasteiger partial charge in [-0.1, -0.05) is 248 Å². The molecule has 0 aromatic heterocycles. The Kier molecular flexibility index (Phi) is 10.7. The Bertz CT molecular complexity index is 3530. The summed E-state index contributed by atoms with van der Waals surface area (Å²) in [6.07, 6.45) is 1.16. The molecule has 0 spiro atoms. The first-order chi connectivity index (χ1) is 33.8. The van der Waals surface area contributed by atoms with E-state index in [0.717, 1.165) is 98.7 Å². The maximum atomic E-state index is 18.9. The first-order valence-electron chi connectivity index (χ1n) is 25.1. The predicted molar refractivity (Wildman–Crippen MR) is 300 cm³/mol. The maximum Gasteiger partial charge on any atom is 0.108 e. The summed E-state index contributed by atoms with van der Waals surface area (Å²) in [5.74, 6) is 0. The van der Waals surface area contributed by atoms with E-state index in [0.29, 0.717) is 12.8 Å². The number of hydrogen-bond acceptors (Lipinski definition) is 2. The summed E-state index contributed by atoms with van der Waals surface area (Å²) in [7, 11) is -7.45. The summed E-state index contributed by atoms with van der Waals surface area (Å²) < 4.78 is 37.7. The summed E-state index contributed by atoms with van der Waals surface area (Å²) in [6, 6.07) is 74.9. The third-order valence-corrected chi connectivity index (χ3v) is 26.4. The van der Waals surface area contributed by atoms with Crippen LogP contribution in [0.4, 0.5) is 0 Å². The Labute approximate surface area is 413 Å². The monoisotopic (exact) mass is 946 g/mol. The van der Waals surface area contributed by atoms with Crippen LogP contribution in [0, 0.1) is 0 Å². The van der Waals surface area contributed by atoms with Crippen molar-refractivity contribution < 1.29 is 9.13 Å². The second-order valence-corrected chi connectivity index (χ2v) is 29.9. The molecule has 0 saturated carbocycles. The fraction of sp³-hybridized carbons (Fsp3) is 0.212. The van der Waals surface area contributed by atoms with Gasteiger partial charge in [0.25, 0.3) is 0 Å². The smallest absolute Gasteiger partial charge is 0.108 e. The van der Waals surface area contributed by atoms with E-state index in [1.54, 1.807) is 0 Å². The lowest BCUT2D eigenvalue weighted by Gasteiger charge is -2.51. The summed E-state index contributed by atoms with van der Waals surface area (Å²) in [5, 5.41) is 7.68. The Morgan fingerprint density at radius 1 is 0.314 bits per heavy atom. The van der Waals surface area contributed by atoms with Gasteiger partial charge in [-0.15, -0.1) is 0 Å². The first kappa shape index (κ1) is 44.9. The van der Waals surface area contributed by atoms with Crippen molar-refractivity contribution in [1.29, 1.82) is 0 Å². The molecular weight excluding hydrogens is 887 g/mol. The van der Waals surface area contributed by atoms with Gasteiger partial charge in [-0.05, 0) is 112 Å². The molecule has 0 N–H and O–H groups in total. The van der Waals surface area contributed by atoms with Crippen molar-refractivity contribution in [3.8, 4) is 22.3 Å². The van der Waals surface area contributed by atoms with Crippen LogP contribution < -0.4 is 0 Å². The van der Waals surface area contributed by atoms with Crippen molar-refractivity contribution in [2.24, 2.45) is 0 Å².